The van der Waals surface area contributed by atoms with Gasteiger partial charge >= 0.3 is 0 Å². The molecule has 0 saturated carbocycles. The van der Waals surface area contributed by atoms with Gasteiger partial charge in [0.1, 0.15) is 11.9 Å². The van der Waals surface area contributed by atoms with Gasteiger partial charge in [-0.2, -0.15) is 0 Å². The molecule has 0 amide bonds. The largest absolute Gasteiger partial charge is 0.488 e. The molecule has 3 heteroatoms. The number of hydrogen-bond donors (Lipinski definition) is 1. The molecule has 3 unspecified atom stereocenters. The molecule has 3 atom stereocenters. The third-order valence-corrected chi connectivity index (χ3v) is 5.05. The number of hydrogen-bond acceptors (Lipinski definition) is 3. The van der Waals surface area contributed by atoms with Gasteiger partial charge in [0, 0.05) is 31.1 Å². The summed E-state index contributed by atoms with van der Waals surface area (Å²) >= 11 is 0. The van der Waals surface area contributed by atoms with E-state index in [1.165, 1.54) is 31.2 Å². The number of para-hydroxylation sites is 1. The van der Waals surface area contributed by atoms with E-state index in [2.05, 4.69) is 29.2 Å². The van der Waals surface area contributed by atoms with Gasteiger partial charge in [-0.25, -0.2) is 0 Å². The highest BCUT2D eigenvalue weighted by Crippen LogP contribution is 2.37. The lowest BCUT2D eigenvalue weighted by molar-refractivity contribution is 0.0772. The Labute approximate surface area is 114 Å². The summed E-state index contributed by atoms with van der Waals surface area (Å²) in [5.74, 6) is 1.09. The van der Waals surface area contributed by atoms with Gasteiger partial charge in [-0.05, 0) is 37.3 Å². The molecule has 1 aromatic carbocycles. The van der Waals surface area contributed by atoms with Crippen LogP contribution in [-0.4, -0.2) is 35.7 Å². The summed E-state index contributed by atoms with van der Waals surface area (Å²) in [4.78, 5) is 2.68. The summed E-state index contributed by atoms with van der Waals surface area (Å²) < 4.78 is 6.09. The molecule has 102 valence electrons. The molecule has 2 saturated heterocycles. The molecule has 1 aromatic rings. The zero-order chi connectivity index (χ0) is 12.8. The van der Waals surface area contributed by atoms with Crippen LogP contribution < -0.4 is 10.5 Å². The van der Waals surface area contributed by atoms with Crippen molar-refractivity contribution in [2.45, 2.75) is 56.3 Å². The molecule has 2 bridgehead atoms. The van der Waals surface area contributed by atoms with E-state index in [0.29, 0.717) is 24.2 Å². The van der Waals surface area contributed by atoms with Gasteiger partial charge in [-0.15, -0.1) is 0 Å². The smallest absolute Gasteiger partial charge is 0.123 e. The first-order chi connectivity index (χ1) is 9.29. The van der Waals surface area contributed by atoms with E-state index in [4.69, 9.17) is 10.5 Å². The summed E-state index contributed by atoms with van der Waals surface area (Å²) in [6.45, 7) is 1.08. The minimum absolute atomic E-state index is 0.342. The van der Waals surface area contributed by atoms with Gasteiger partial charge in [-0.1, -0.05) is 18.2 Å². The number of nitrogens with zero attached hydrogens (tertiary/aromatic N) is 1. The van der Waals surface area contributed by atoms with Crippen molar-refractivity contribution in [3.8, 4) is 5.75 Å². The first-order valence-electron chi connectivity index (χ1n) is 7.55. The molecule has 0 aliphatic carbocycles. The SMILES string of the molecule is NC1CC2CCC(C1)N2CC1Cc2ccccc2O1. The fourth-order valence-corrected chi connectivity index (χ4v) is 4.21. The lowest BCUT2D eigenvalue weighted by atomic mass is 9.97. The number of ether oxygens (including phenoxy) is 1. The Morgan fingerprint density at radius 2 is 1.89 bits per heavy atom. The van der Waals surface area contributed by atoms with E-state index in [1.54, 1.807) is 0 Å². The van der Waals surface area contributed by atoms with E-state index >= 15 is 0 Å². The number of benzene rings is 1. The van der Waals surface area contributed by atoms with Crippen LogP contribution in [0.2, 0.25) is 0 Å². The normalized spacial score (nSPS) is 37.1. The van der Waals surface area contributed by atoms with Crippen LogP contribution in [0.4, 0.5) is 0 Å². The highest BCUT2D eigenvalue weighted by Gasteiger charge is 2.41. The van der Waals surface area contributed by atoms with Crippen molar-refractivity contribution in [1.82, 2.24) is 4.90 Å². The summed E-state index contributed by atoms with van der Waals surface area (Å²) in [7, 11) is 0. The standard InChI is InChI=1S/C16H22N2O/c17-12-8-13-5-6-14(9-12)18(13)10-15-7-11-3-1-2-4-16(11)19-15/h1-4,12-15H,5-10,17H2. The molecule has 0 radical (unpaired) electrons. The molecule has 3 aliphatic rings. The third kappa shape index (κ3) is 2.05. The molecule has 2 fully saturated rings. The van der Waals surface area contributed by atoms with E-state index in [-0.39, 0.29) is 0 Å². The third-order valence-electron chi connectivity index (χ3n) is 5.05. The van der Waals surface area contributed by atoms with Crippen LogP contribution in [0.1, 0.15) is 31.2 Å². The van der Waals surface area contributed by atoms with Crippen LogP contribution in [0.5, 0.6) is 5.75 Å². The van der Waals surface area contributed by atoms with Gasteiger partial charge < -0.3 is 10.5 Å². The molecule has 4 rings (SSSR count). The highest BCUT2D eigenvalue weighted by molar-refractivity contribution is 5.37. The Balaban J connectivity index is 1.44. The number of nitrogens with two attached hydrogens (primary N) is 1. The van der Waals surface area contributed by atoms with Gasteiger partial charge in [0.15, 0.2) is 0 Å². The van der Waals surface area contributed by atoms with E-state index in [0.717, 1.165) is 18.7 Å². The molecule has 3 heterocycles. The maximum absolute atomic E-state index is 6.14. The minimum Gasteiger partial charge on any atom is -0.488 e. The Morgan fingerprint density at radius 1 is 1.16 bits per heavy atom. The number of fused-ring (bicyclic) bond motifs is 3. The van der Waals surface area contributed by atoms with Crippen LogP contribution in [0, 0.1) is 0 Å². The van der Waals surface area contributed by atoms with E-state index in [1.807, 2.05) is 0 Å². The minimum atomic E-state index is 0.342. The van der Waals surface area contributed by atoms with Gasteiger partial charge in [0.25, 0.3) is 0 Å². The molecule has 3 aliphatic heterocycles. The summed E-state index contributed by atoms with van der Waals surface area (Å²) in [5.41, 5.74) is 7.51. The average Bonchev–Trinajstić information content (AvgIpc) is 2.90. The van der Waals surface area contributed by atoms with Crippen molar-refractivity contribution in [2.24, 2.45) is 5.73 Å². The second kappa shape index (κ2) is 4.50. The van der Waals surface area contributed by atoms with Gasteiger partial charge in [0.2, 0.25) is 0 Å². The van der Waals surface area contributed by atoms with Crippen LogP contribution >= 0.6 is 0 Å². The van der Waals surface area contributed by atoms with Crippen molar-refractivity contribution < 1.29 is 4.74 Å². The second-order valence-corrected chi connectivity index (χ2v) is 6.36. The maximum Gasteiger partial charge on any atom is 0.123 e. The topological polar surface area (TPSA) is 38.5 Å². The lowest BCUT2D eigenvalue weighted by Gasteiger charge is -2.38. The summed E-state index contributed by atoms with van der Waals surface area (Å²) in [6.07, 6.45) is 6.43. The van der Waals surface area contributed by atoms with Crippen molar-refractivity contribution in [1.29, 1.82) is 0 Å². The Hall–Kier alpha value is -1.06. The first-order valence-corrected chi connectivity index (χ1v) is 7.55. The van der Waals surface area contributed by atoms with Crippen LogP contribution in [-0.2, 0) is 6.42 Å². The molecule has 3 nitrogen and oxygen atoms in total. The number of rotatable bonds is 2. The number of piperidine rings is 1. The Morgan fingerprint density at radius 3 is 2.63 bits per heavy atom. The lowest BCUT2D eigenvalue weighted by Crippen LogP contribution is -2.50. The van der Waals surface area contributed by atoms with Gasteiger partial charge in [-0.3, -0.25) is 4.90 Å². The monoisotopic (exact) mass is 258 g/mol. The van der Waals surface area contributed by atoms with Crippen molar-refractivity contribution >= 4 is 0 Å². The molecule has 0 aromatic heterocycles. The zero-order valence-electron chi connectivity index (χ0n) is 11.3. The fraction of sp³-hybridized carbons (Fsp3) is 0.625. The predicted octanol–water partition coefficient (Wildman–Crippen LogP) is 1.94. The quantitative estimate of drug-likeness (QED) is 0.881. The predicted molar refractivity (Wildman–Crippen MR) is 75.3 cm³/mol. The summed E-state index contributed by atoms with van der Waals surface area (Å²) in [6, 6.07) is 10.3. The second-order valence-electron chi connectivity index (χ2n) is 6.36. The molecular weight excluding hydrogens is 236 g/mol. The molecule has 2 N–H and O–H groups in total. The molecular formula is C16H22N2O. The highest BCUT2D eigenvalue weighted by atomic mass is 16.5. The van der Waals surface area contributed by atoms with Crippen LogP contribution in [0.25, 0.3) is 0 Å². The first kappa shape index (κ1) is 11.7. The van der Waals surface area contributed by atoms with Crippen molar-refractivity contribution in [2.75, 3.05) is 6.54 Å². The molecule has 19 heavy (non-hydrogen) atoms. The fourth-order valence-electron chi connectivity index (χ4n) is 4.21. The van der Waals surface area contributed by atoms with Crippen LogP contribution in [0.15, 0.2) is 24.3 Å². The Bertz CT molecular complexity index is 437. The van der Waals surface area contributed by atoms with Crippen molar-refractivity contribution in [3.05, 3.63) is 29.8 Å². The van der Waals surface area contributed by atoms with E-state index < -0.39 is 0 Å². The molecule has 0 spiro atoms. The zero-order valence-corrected chi connectivity index (χ0v) is 11.3. The Kier molecular flexibility index (Phi) is 2.78. The van der Waals surface area contributed by atoms with Gasteiger partial charge in [0.05, 0.1) is 0 Å². The van der Waals surface area contributed by atoms with E-state index in [9.17, 15) is 0 Å². The van der Waals surface area contributed by atoms with Crippen LogP contribution in [0.3, 0.4) is 0 Å². The maximum atomic E-state index is 6.14. The summed E-state index contributed by atoms with van der Waals surface area (Å²) in [5, 5.41) is 0. The van der Waals surface area contributed by atoms with Crippen molar-refractivity contribution in [3.63, 3.8) is 0 Å². The average molecular weight is 258 g/mol.